The number of β-amino-alcohol motifs (C(OH)–C–C–N with tert-alkyl or cyclic N) is 1. The van der Waals surface area contributed by atoms with Gasteiger partial charge in [-0.15, -0.1) is 0 Å². The Balaban J connectivity index is 1.22. The number of carbonyl (C=O) groups is 1. The van der Waals surface area contributed by atoms with Crippen LogP contribution in [-0.2, 0) is 0 Å². The Morgan fingerprint density at radius 3 is 2.51 bits per heavy atom. The predicted molar refractivity (Wildman–Crippen MR) is 158 cm³/mol. The monoisotopic (exact) mass is 522 g/mol. The molecular weight excluding hydrogens is 488 g/mol. The van der Waals surface area contributed by atoms with Gasteiger partial charge >= 0.3 is 0 Å². The van der Waals surface area contributed by atoms with Crippen LogP contribution in [0.5, 0.6) is 11.5 Å². The van der Waals surface area contributed by atoms with E-state index in [2.05, 4.69) is 51.8 Å². The van der Waals surface area contributed by atoms with Gasteiger partial charge in [0.15, 0.2) is 0 Å². The number of fused-ring (bicyclic) bond motifs is 1. The van der Waals surface area contributed by atoms with E-state index in [1.54, 1.807) is 18.3 Å². The standard InChI is InChI=1S/C32H34N4O3/c1-3-23(2)29-6-4-5-25-21-27(11-12-30(25)29)39-28-13-14-33-31(22-28)34-32(38)24-7-9-26(10-8-24)36-17-15-35(16-18-36)19-20-37/h4-14,21-22,37H,2-3,15-20H2,1H3,(H,33,34,38). The quantitative estimate of drug-likeness (QED) is 0.289. The van der Waals surface area contributed by atoms with E-state index in [1.807, 2.05) is 42.5 Å². The summed E-state index contributed by atoms with van der Waals surface area (Å²) >= 11 is 0. The number of hydrogen-bond acceptors (Lipinski definition) is 6. The van der Waals surface area contributed by atoms with Crippen molar-refractivity contribution in [3.8, 4) is 11.5 Å². The van der Waals surface area contributed by atoms with Gasteiger partial charge in [0.05, 0.1) is 6.61 Å². The highest BCUT2D eigenvalue weighted by Gasteiger charge is 2.17. The number of aromatic nitrogens is 1. The zero-order valence-electron chi connectivity index (χ0n) is 22.3. The fraction of sp³-hybridized carbons (Fsp3) is 0.250. The fourth-order valence-electron chi connectivity index (χ4n) is 4.89. The van der Waals surface area contributed by atoms with Gasteiger partial charge in [0.2, 0.25) is 0 Å². The van der Waals surface area contributed by atoms with Crippen LogP contribution in [-0.4, -0.2) is 60.2 Å². The molecule has 7 heteroatoms. The van der Waals surface area contributed by atoms with Crippen LogP contribution in [0.25, 0.3) is 16.3 Å². The van der Waals surface area contributed by atoms with Crippen LogP contribution in [0.15, 0.2) is 85.6 Å². The van der Waals surface area contributed by atoms with E-state index in [1.165, 1.54) is 0 Å². The first-order valence-corrected chi connectivity index (χ1v) is 13.4. The van der Waals surface area contributed by atoms with Gasteiger partial charge in [-0.2, -0.15) is 0 Å². The van der Waals surface area contributed by atoms with Crippen molar-refractivity contribution in [2.75, 3.05) is 49.5 Å². The number of rotatable bonds is 9. The zero-order chi connectivity index (χ0) is 27.2. The summed E-state index contributed by atoms with van der Waals surface area (Å²) in [4.78, 5) is 21.7. The molecule has 0 spiro atoms. The number of amides is 1. The van der Waals surface area contributed by atoms with Crippen LogP contribution < -0.4 is 15.0 Å². The third-order valence-corrected chi connectivity index (χ3v) is 7.15. The normalized spacial score (nSPS) is 13.8. The van der Waals surface area contributed by atoms with Crippen molar-refractivity contribution in [1.29, 1.82) is 0 Å². The predicted octanol–water partition coefficient (Wildman–Crippen LogP) is 5.82. The van der Waals surface area contributed by atoms with E-state index in [0.717, 1.165) is 60.2 Å². The molecule has 0 saturated carbocycles. The maximum Gasteiger partial charge on any atom is 0.256 e. The average molecular weight is 523 g/mol. The summed E-state index contributed by atoms with van der Waals surface area (Å²) in [6, 6.07) is 23.3. The van der Waals surface area contributed by atoms with Crippen molar-refractivity contribution < 1.29 is 14.6 Å². The molecule has 1 saturated heterocycles. The number of nitrogens with zero attached hydrogens (tertiary/aromatic N) is 3. The molecule has 200 valence electrons. The molecule has 39 heavy (non-hydrogen) atoms. The van der Waals surface area contributed by atoms with Gasteiger partial charge in [-0.3, -0.25) is 9.69 Å². The Bertz CT molecular complexity index is 1460. The van der Waals surface area contributed by atoms with E-state index in [-0.39, 0.29) is 12.5 Å². The van der Waals surface area contributed by atoms with Crippen LogP contribution in [0, 0.1) is 0 Å². The van der Waals surface area contributed by atoms with Crippen molar-refractivity contribution in [3.63, 3.8) is 0 Å². The molecule has 3 aromatic carbocycles. The number of pyridine rings is 1. The maximum atomic E-state index is 12.9. The number of nitrogens with one attached hydrogen (secondary N) is 1. The van der Waals surface area contributed by atoms with Gasteiger partial charge in [0.25, 0.3) is 5.91 Å². The Labute approximate surface area is 229 Å². The molecule has 2 heterocycles. The van der Waals surface area contributed by atoms with E-state index < -0.39 is 0 Å². The van der Waals surface area contributed by atoms with Crippen molar-refractivity contribution >= 4 is 33.8 Å². The van der Waals surface area contributed by atoms with Gasteiger partial charge in [0, 0.05) is 56.2 Å². The molecule has 1 fully saturated rings. The number of hydrogen-bond donors (Lipinski definition) is 2. The lowest BCUT2D eigenvalue weighted by Crippen LogP contribution is -2.47. The largest absolute Gasteiger partial charge is 0.457 e. The molecule has 1 aliphatic heterocycles. The molecule has 1 aliphatic rings. The number of anilines is 2. The minimum atomic E-state index is -0.228. The minimum absolute atomic E-state index is 0.188. The summed E-state index contributed by atoms with van der Waals surface area (Å²) in [5, 5.41) is 14.2. The average Bonchev–Trinajstić information content (AvgIpc) is 2.97. The lowest BCUT2D eigenvalue weighted by molar-refractivity contribution is 0.102. The van der Waals surface area contributed by atoms with E-state index >= 15 is 0 Å². The minimum Gasteiger partial charge on any atom is -0.457 e. The van der Waals surface area contributed by atoms with Crippen LogP contribution >= 0.6 is 0 Å². The van der Waals surface area contributed by atoms with E-state index in [9.17, 15) is 4.79 Å². The highest BCUT2D eigenvalue weighted by atomic mass is 16.5. The maximum absolute atomic E-state index is 12.9. The molecule has 1 amide bonds. The van der Waals surface area contributed by atoms with Crippen LogP contribution in [0.4, 0.5) is 11.5 Å². The number of carbonyl (C=O) groups excluding carboxylic acids is 1. The summed E-state index contributed by atoms with van der Waals surface area (Å²) < 4.78 is 6.11. The van der Waals surface area contributed by atoms with Gasteiger partial charge in [-0.25, -0.2) is 4.98 Å². The highest BCUT2D eigenvalue weighted by molar-refractivity contribution is 6.04. The highest BCUT2D eigenvalue weighted by Crippen LogP contribution is 2.31. The van der Waals surface area contributed by atoms with Crippen molar-refractivity contribution in [2.24, 2.45) is 0 Å². The number of allylic oxidation sites excluding steroid dienone is 1. The molecule has 1 aromatic heterocycles. The van der Waals surface area contributed by atoms with Crippen molar-refractivity contribution in [3.05, 3.63) is 96.7 Å². The van der Waals surface area contributed by atoms with Gasteiger partial charge < -0.3 is 20.1 Å². The molecule has 0 aliphatic carbocycles. The van der Waals surface area contributed by atoms with Crippen LogP contribution in [0.2, 0.25) is 0 Å². The molecule has 0 unspecified atom stereocenters. The van der Waals surface area contributed by atoms with Crippen LogP contribution in [0.3, 0.4) is 0 Å². The summed E-state index contributed by atoms with van der Waals surface area (Å²) in [5.74, 6) is 1.49. The third kappa shape index (κ3) is 6.28. The Morgan fingerprint density at radius 1 is 1.00 bits per heavy atom. The first-order chi connectivity index (χ1) is 19.0. The molecule has 5 rings (SSSR count). The molecule has 7 nitrogen and oxygen atoms in total. The van der Waals surface area contributed by atoms with E-state index in [0.29, 0.717) is 29.4 Å². The molecule has 0 atom stereocenters. The van der Waals surface area contributed by atoms with Crippen molar-refractivity contribution in [2.45, 2.75) is 13.3 Å². The number of aliphatic hydroxyl groups is 1. The Kier molecular flexibility index (Phi) is 8.20. The fourth-order valence-corrected chi connectivity index (χ4v) is 4.89. The molecule has 4 aromatic rings. The Morgan fingerprint density at radius 2 is 1.77 bits per heavy atom. The summed E-state index contributed by atoms with van der Waals surface area (Å²) in [6.07, 6.45) is 2.52. The number of piperazine rings is 1. The zero-order valence-corrected chi connectivity index (χ0v) is 22.3. The lowest BCUT2D eigenvalue weighted by Gasteiger charge is -2.35. The molecule has 0 bridgehead atoms. The first-order valence-electron chi connectivity index (χ1n) is 13.4. The SMILES string of the molecule is C=C(CC)c1cccc2cc(Oc3ccnc(NC(=O)c4ccc(N5CCN(CCO)CC5)cc4)c3)ccc12. The summed E-state index contributed by atoms with van der Waals surface area (Å²) in [5.41, 5.74) is 3.91. The molecular formula is C32H34N4O3. The second-order valence-electron chi connectivity index (χ2n) is 9.68. The van der Waals surface area contributed by atoms with Gasteiger partial charge in [-0.05, 0) is 70.8 Å². The summed E-state index contributed by atoms with van der Waals surface area (Å²) in [6.45, 7) is 10.8. The second-order valence-corrected chi connectivity index (χ2v) is 9.68. The van der Waals surface area contributed by atoms with Gasteiger partial charge in [0.1, 0.15) is 17.3 Å². The third-order valence-electron chi connectivity index (χ3n) is 7.15. The van der Waals surface area contributed by atoms with Gasteiger partial charge in [-0.1, -0.05) is 37.8 Å². The number of benzene rings is 3. The Hall–Kier alpha value is -4.20. The van der Waals surface area contributed by atoms with Crippen LogP contribution in [0.1, 0.15) is 29.3 Å². The van der Waals surface area contributed by atoms with Crippen molar-refractivity contribution in [1.82, 2.24) is 9.88 Å². The van der Waals surface area contributed by atoms with E-state index in [4.69, 9.17) is 9.84 Å². The summed E-state index contributed by atoms with van der Waals surface area (Å²) in [7, 11) is 0. The topological polar surface area (TPSA) is 77.9 Å². The second kappa shape index (κ2) is 12.1. The smallest absolute Gasteiger partial charge is 0.256 e. The first kappa shape index (κ1) is 26.4. The lowest BCUT2D eigenvalue weighted by atomic mass is 9.98. The molecule has 2 N–H and O–H groups in total. The number of aliphatic hydroxyl groups excluding tert-OH is 1. The number of ether oxygens (including phenoxy) is 1. The molecule has 0 radical (unpaired) electrons.